The smallest absolute Gasteiger partial charge is 0.105 e. The highest BCUT2D eigenvalue weighted by molar-refractivity contribution is 6.42. The lowest BCUT2D eigenvalue weighted by Crippen LogP contribution is -2.23. The molecule has 0 amide bonds. The van der Waals surface area contributed by atoms with Crippen LogP contribution in [0.5, 0.6) is 0 Å². The average Bonchev–Trinajstić information content (AvgIpc) is 2.04. The Labute approximate surface area is 65.2 Å². The first kappa shape index (κ1) is 8.04. The van der Waals surface area contributed by atoms with Crippen LogP contribution < -0.4 is 0 Å². The summed E-state index contributed by atoms with van der Waals surface area (Å²) in [6.45, 7) is 2.08. The average molecular weight is 156 g/mol. The van der Waals surface area contributed by atoms with Crippen molar-refractivity contribution in [3.8, 4) is 0 Å². The van der Waals surface area contributed by atoms with E-state index < -0.39 is 0 Å². The van der Waals surface area contributed by atoms with E-state index in [1.54, 1.807) is 0 Å². The lowest BCUT2D eigenvalue weighted by Gasteiger charge is -2.18. The van der Waals surface area contributed by atoms with Crippen LogP contribution in [0.15, 0.2) is 10.3 Å². The molecule has 1 saturated carbocycles. The second kappa shape index (κ2) is 3.37. The summed E-state index contributed by atoms with van der Waals surface area (Å²) in [7, 11) is 0. The SMILES string of the molecule is C[C@@H]1CCC(=N/O)/C(=N\O)C1. The van der Waals surface area contributed by atoms with Crippen molar-refractivity contribution in [2.75, 3.05) is 0 Å². The fourth-order valence-electron chi connectivity index (χ4n) is 1.28. The minimum Gasteiger partial charge on any atom is -0.411 e. The maximum Gasteiger partial charge on any atom is 0.105 e. The Kier molecular flexibility index (Phi) is 2.46. The summed E-state index contributed by atoms with van der Waals surface area (Å²) in [4.78, 5) is 0. The third-order valence-electron chi connectivity index (χ3n) is 1.99. The van der Waals surface area contributed by atoms with Crippen LogP contribution in [-0.2, 0) is 0 Å². The van der Waals surface area contributed by atoms with Gasteiger partial charge in [0.05, 0.1) is 0 Å². The van der Waals surface area contributed by atoms with E-state index in [-0.39, 0.29) is 0 Å². The number of oxime groups is 2. The van der Waals surface area contributed by atoms with Crippen molar-refractivity contribution in [2.45, 2.75) is 26.2 Å². The summed E-state index contributed by atoms with van der Waals surface area (Å²) < 4.78 is 0. The molecule has 0 aliphatic heterocycles. The highest BCUT2D eigenvalue weighted by Crippen LogP contribution is 2.19. The van der Waals surface area contributed by atoms with Crippen molar-refractivity contribution in [3.05, 3.63) is 0 Å². The van der Waals surface area contributed by atoms with Gasteiger partial charge >= 0.3 is 0 Å². The predicted molar refractivity (Wildman–Crippen MR) is 41.5 cm³/mol. The molecule has 0 unspecified atom stereocenters. The molecule has 2 N–H and O–H groups in total. The topological polar surface area (TPSA) is 65.2 Å². The summed E-state index contributed by atoms with van der Waals surface area (Å²) in [5.74, 6) is 0.520. The molecule has 1 aliphatic rings. The van der Waals surface area contributed by atoms with E-state index in [0.29, 0.717) is 30.2 Å². The summed E-state index contributed by atoms with van der Waals surface area (Å²) in [5, 5.41) is 23.1. The maximum absolute atomic E-state index is 8.51. The molecule has 0 bridgehead atoms. The van der Waals surface area contributed by atoms with Crippen LogP contribution in [0.2, 0.25) is 0 Å². The largest absolute Gasteiger partial charge is 0.411 e. The zero-order valence-corrected chi connectivity index (χ0v) is 6.49. The molecule has 62 valence electrons. The Morgan fingerprint density at radius 3 is 2.45 bits per heavy atom. The Morgan fingerprint density at radius 1 is 1.27 bits per heavy atom. The monoisotopic (exact) mass is 156 g/mol. The molecule has 1 aliphatic carbocycles. The molecular weight excluding hydrogens is 144 g/mol. The van der Waals surface area contributed by atoms with Crippen molar-refractivity contribution in [1.29, 1.82) is 0 Å². The van der Waals surface area contributed by atoms with Gasteiger partial charge < -0.3 is 10.4 Å². The minimum absolute atomic E-state index is 0.519. The molecule has 4 heteroatoms. The highest BCUT2D eigenvalue weighted by atomic mass is 16.4. The van der Waals surface area contributed by atoms with Gasteiger partial charge in [-0.2, -0.15) is 0 Å². The summed E-state index contributed by atoms with van der Waals surface area (Å²) in [5.41, 5.74) is 1.04. The van der Waals surface area contributed by atoms with E-state index in [0.717, 1.165) is 6.42 Å². The van der Waals surface area contributed by atoms with Gasteiger partial charge in [-0.3, -0.25) is 0 Å². The zero-order valence-electron chi connectivity index (χ0n) is 6.49. The van der Waals surface area contributed by atoms with Crippen molar-refractivity contribution in [3.63, 3.8) is 0 Å². The number of nitrogens with zero attached hydrogens (tertiary/aromatic N) is 2. The van der Waals surface area contributed by atoms with Crippen molar-refractivity contribution in [2.24, 2.45) is 16.2 Å². The van der Waals surface area contributed by atoms with E-state index in [1.807, 2.05) is 0 Å². The van der Waals surface area contributed by atoms with Crippen molar-refractivity contribution in [1.82, 2.24) is 0 Å². The predicted octanol–water partition coefficient (Wildman–Crippen LogP) is 1.47. The third-order valence-corrected chi connectivity index (χ3v) is 1.99. The molecule has 1 rings (SSSR count). The molecule has 0 aromatic carbocycles. The summed E-state index contributed by atoms with van der Waals surface area (Å²) in [6.07, 6.45) is 2.41. The lowest BCUT2D eigenvalue weighted by atomic mass is 9.88. The molecule has 1 atom stereocenters. The van der Waals surface area contributed by atoms with Gasteiger partial charge in [0.15, 0.2) is 0 Å². The van der Waals surface area contributed by atoms with Gasteiger partial charge in [-0.15, -0.1) is 0 Å². The first-order valence-electron chi connectivity index (χ1n) is 3.70. The van der Waals surface area contributed by atoms with Crippen LogP contribution in [0, 0.1) is 5.92 Å². The Balaban J connectivity index is 2.72. The fraction of sp³-hybridized carbons (Fsp3) is 0.714. The lowest BCUT2D eigenvalue weighted by molar-refractivity contribution is 0.308. The van der Waals surface area contributed by atoms with Gasteiger partial charge in [0.25, 0.3) is 0 Å². The Hall–Kier alpha value is -1.06. The molecule has 0 spiro atoms. The maximum atomic E-state index is 8.51. The van der Waals surface area contributed by atoms with Gasteiger partial charge in [0.2, 0.25) is 0 Å². The Morgan fingerprint density at radius 2 is 1.91 bits per heavy atom. The minimum atomic E-state index is 0.519. The molecular formula is C7H12N2O2. The van der Waals surface area contributed by atoms with Crippen LogP contribution in [0.25, 0.3) is 0 Å². The van der Waals surface area contributed by atoms with Crippen LogP contribution in [0.4, 0.5) is 0 Å². The molecule has 0 aromatic rings. The summed E-state index contributed by atoms with van der Waals surface area (Å²) in [6, 6.07) is 0. The van der Waals surface area contributed by atoms with Crippen molar-refractivity contribution < 1.29 is 10.4 Å². The molecule has 1 fully saturated rings. The molecule has 0 radical (unpaired) electrons. The second-order valence-electron chi connectivity index (χ2n) is 2.94. The first-order chi connectivity index (χ1) is 5.27. The van der Waals surface area contributed by atoms with Gasteiger partial charge in [0.1, 0.15) is 11.4 Å². The Bertz CT molecular complexity index is 199. The van der Waals surface area contributed by atoms with E-state index >= 15 is 0 Å². The third kappa shape index (κ3) is 1.69. The normalized spacial score (nSPS) is 33.0. The molecule has 0 heterocycles. The zero-order chi connectivity index (χ0) is 8.27. The van der Waals surface area contributed by atoms with Gasteiger partial charge in [0, 0.05) is 0 Å². The van der Waals surface area contributed by atoms with E-state index in [1.165, 1.54) is 0 Å². The first-order valence-corrected chi connectivity index (χ1v) is 3.70. The van der Waals surface area contributed by atoms with Crippen LogP contribution >= 0.6 is 0 Å². The standard InChI is InChI=1S/C7H12N2O2/c1-5-2-3-6(8-10)7(4-5)9-11/h5,10-11H,2-4H2,1H3/b8-6-,9-7-/t5-/m1/s1. The fourth-order valence-corrected chi connectivity index (χ4v) is 1.28. The molecule has 11 heavy (non-hydrogen) atoms. The molecule has 0 saturated heterocycles. The van der Waals surface area contributed by atoms with E-state index in [9.17, 15) is 0 Å². The number of rotatable bonds is 0. The van der Waals surface area contributed by atoms with Crippen LogP contribution in [-0.4, -0.2) is 21.8 Å². The quantitative estimate of drug-likeness (QED) is 0.412. The van der Waals surface area contributed by atoms with Gasteiger partial charge in [-0.1, -0.05) is 17.2 Å². The highest BCUT2D eigenvalue weighted by Gasteiger charge is 2.20. The van der Waals surface area contributed by atoms with Gasteiger partial charge in [-0.25, -0.2) is 0 Å². The number of hydrogen-bond acceptors (Lipinski definition) is 4. The number of hydrogen-bond donors (Lipinski definition) is 2. The van der Waals surface area contributed by atoms with Gasteiger partial charge in [-0.05, 0) is 25.2 Å². The van der Waals surface area contributed by atoms with E-state index in [2.05, 4.69) is 17.2 Å². The molecule has 0 aromatic heterocycles. The second-order valence-corrected chi connectivity index (χ2v) is 2.94. The van der Waals surface area contributed by atoms with Crippen LogP contribution in [0.1, 0.15) is 26.2 Å². The van der Waals surface area contributed by atoms with E-state index in [4.69, 9.17) is 10.4 Å². The van der Waals surface area contributed by atoms with Crippen molar-refractivity contribution >= 4 is 11.4 Å². The molecule has 4 nitrogen and oxygen atoms in total. The van der Waals surface area contributed by atoms with Crippen LogP contribution in [0.3, 0.4) is 0 Å². The summed E-state index contributed by atoms with van der Waals surface area (Å²) >= 11 is 0.